The van der Waals surface area contributed by atoms with Gasteiger partial charge in [0.05, 0.1) is 22.7 Å². The number of nitrogens with zero attached hydrogens (tertiary/aromatic N) is 2. The first kappa shape index (κ1) is 13.1. The number of hydrogen-bond acceptors (Lipinski definition) is 6. The average molecular weight is 303 g/mol. The van der Waals surface area contributed by atoms with E-state index in [0.29, 0.717) is 5.13 Å². The summed E-state index contributed by atoms with van der Waals surface area (Å²) in [6.45, 7) is 0. The Morgan fingerprint density at radius 3 is 2.90 bits per heavy atom. The fourth-order valence-electron chi connectivity index (χ4n) is 1.92. The topological polar surface area (TPSA) is 61.0 Å². The Kier molecular flexibility index (Phi) is 3.66. The van der Waals surface area contributed by atoms with Crippen molar-refractivity contribution in [1.82, 2.24) is 9.97 Å². The summed E-state index contributed by atoms with van der Waals surface area (Å²) < 4.78 is 5.36. The summed E-state index contributed by atoms with van der Waals surface area (Å²) in [5, 5.41) is 3.58. The number of methoxy groups -OCH3 is 1. The predicted octanol–water partition coefficient (Wildman–Crippen LogP) is 3.45. The standard InChI is InChI=1S/C14H13N3OS2/c1-18-11-5-3-2-4-9(11)6-13-16-7-12(20-13)10-8-19-14(15)17-10/h2-5,7-8H,6H2,1H3,(H2,15,17). The van der Waals surface area contributed by atoms with Crippen molar-refractivity contribution < 1.29 is 4.74 Å². The number of hydrogen-bond donors (Lipinski definition) is 1. The molecule has 0 aliphatic rings. The fourth-order valence-corrected chi connectivity index (χ4v) is 3.46. The third-order valence-corrected chi connectivity index (χ3v) is 4.56. The van der Waals surface area contributed by atoms with E-state index in [4.69, 9.17) is 10.5 Å². The van der Waals surface area contributed by atoms with Crippen LogP contribution in [0.1, 0.15) is 10.6 Å². The zero-order valence-electron chi connectivity index (χ0n) is 10.9. The van der Waals surface area contributed by atoms with E-state index in [1.54, 1.807) is 18.4 Å². The van der Waals surface area contributed by atoms with Crippen molar-refractivity contribution in [3.05, 3.63) is 46.4 Å². The van der Waals surface area contributed by atoms with Crippen molar-refractivity contribution >= 4 is 27.8 Å². The second kappa shape index (κ2) is 5.60. The molecule has 4 nitrogen and oxygen atoms in total. The van der Waals surface area contributed by atoms with E-state index in [2.05, 4.69) is 16.0 Å². The molecule has 1 aromatic carbocycles. The quantitative estimate of drug-likeness (QED) is 0.802. The monoisotopic (exact) mass is 303 g/mol. The van der Waals surface area contributed by atoms with Crippen LogP contribution in [-0.2, 0) is 6.42 Å². The van der Waals surface area contributed by atoms with Gasteiger partial charge in [-0.1, -0.05) is 18.2 Å². The number of nitrogen functional groups attached to an aromatic ring is 1. The van der Waals surface area contributed by atoms with Crippen LogP contribution in [0.3, 0.4) is 0 Å². The third-order valence-electron chi connectivity index (χ3n) is 2.86. The molecule has 0 unspecified atom stereocenters. The number of benzene rings is 1. The lowest BCUT2D eigenvalue weighted by Gasteiger charge is -2.05. The zero-order chi connectivity index (χ0) is 13.9. The molecule has 0 aliphatic heterocycles. The summed E-state index contributed by atoms with van der Waals surface area (Å²) in [6.07, 6.45) is 2.61. The van der Waals surface area contributed by atoms with Gasteiger partial charge in [-0.2, -0.15) is 0 Å². The van der Waals surface area contributed by atoms with Crippen molar-refractivity contribution in [2.75, 3.05) is 12.8 Å². The van der Waals surface area contributed by atoms with Crippen molar-refractivity contribution in [2.24, 2.45) is 0 Å². The largest absolute Gasteiger partial charge is 0.496 e. The van der Waals surface area contributed by atoms with Crippen molar-refractivity contribution in [1.29, 1.82) is 0 Å². The van der Waals surface area contributed by atoms with Crippen molar-refractivity contribution in [3.8, 4) is 16.3 Å². The van der Waals surface area contributed by atoms with Crippen LogP contribution in [0.25, 0.3) is 10.6 Å². The first-order valence-corrected chi connectivity index (χ1v) is 7.74. The molecule has 0 spiro atoms. The van der Waals surface area contributed by atoms with Gasteiger partial charge in [0.1, 0.15) is 5.75 Å². The molecule has 0 fully saturated rings. The minimum absolute atomic E-state index is 0.583. The van der Waals surface area contributed by atoms with Gasteiger partial charge in [0.2, 0.25) is 0 Å². The summed E-state index contributed by atoms with van der Waals surface area (Å²) in [5.41, 5.74) is 7.69. The van der Waals surface area contributed by atoms with E-state index in [1.807, 2.05) is 29.8 Å². The Morgan fingerprint density at radius 1 is 1.30 bits per heavy atom. The molecular weight excluding hydrogens is 290 g/mol. The summed E-state index contributed by atoms with van der Waals surface area (Å²) in [5.74, 6) is 0.891. The second-order valence-electron chi connectivity index (χ2n) is 4.18. The Balaban J connectivity index is 1.84. The number of nitrogens with two attached hydrogens (primary N) is 1. The van der Waals surface area contributed by atoms with Crippen LogP contribution in [0.15, 0.2) is 35.8 Å². The summed E-state index contributed by atoms with van der Waals surface area (Å²) >= 11 is 3.08. The first-order valence-electron chi connectivity index (χ1n) is 6.04. The molecule has 3 aromatic rings. The second-order valence-corrected chi connectivity index (χ2v) is 6.18. The van der Waals surface area contributed by atoms with E-state index in [9.17, 15) is 0 Å². The van der Waals surface area contributed by atoms with E-state index in [-0.39, 0.29) is 0 Å². The predicted molar refractivity (Wildman–Crippen MR) is 83.4 cm³/mol. The van der Waals surface area contributed by atoms with E-state index in [1.165, 1.54) is 11.3 Å². The van der Waals surface area contributed by atoms with Gasteiger partial charge in [0.25, 0.3) is 0 Å². The number of thiazole rings is 2. The molecule has 2 aromatic heterocycles. The zero-order valence-corrected chi connectivity index (χ0v) is 12.5. The van der Waals surface area contributed by atoms with Gasteiger partial charge in [-0.25, -0.2) is 9.97 Å². The van der Waals surface area contributed by atoms with Gasteiger partial charge >= 0.3 is 0 Å². The van der Waals surface area contributed by atoms with Crippen molar-refractivity contribution in [3.63, 3.8) is 0 Å². The Bertz CT molecular complexity index is 721. The highest BCUT2D eigenvalue weighted by molar-refractivity contribution is 7.16. The van der Waals surface area contributed by atoms with Gasteiger partial charge in [-0.3, -0.25) is 0 Å². The number of rotatable bonds is 4. The van der Waals surface area contributed by atoms with Crippen LogP contribution in [0, 0.1) is 0 Å². The molecule has 2 heterocycles. The van der Waals surface area contributed by atoms with E-state index < -0.39 is 0 Å². The number of ether oxygens (including phenoxy) is 1. The molecule has 0 atom stereocenters. The van der Waals surface area contributed by atoms with Gasteiger partial charge < -0.3 is 10.5 Å². The Hall–Kier alpha value is -1.92. The van der Waals surface area contributed by atoms with Gasteiger partial charge in [0, 0.05) is 23.6 Å². The highest BCUT2D eigenvalue weighted by Gasteiger charge is 2.10. The summed E-state index contributed by atoms with van der Waals surface area (Å²) in [4.78, 5) is 9.78. The summed E-state index contributed by atoms with van der Waals surface area (Å²) in [7, 11) is 1.68. The molecule has 0 bridgehead atoms. The maximum atomic E-state index is 5.66. The maximum absolute atomic E-state index is 5.66. The molecule has 102 valence electrons. The molecule has 0 saturated carbocycles. The van der Waals surface area contributed by atoms with Crippen LogP contribution < -0.4 is 10.5 Å². The highest BCUT2D eigenvalue weighted by atomic mass is 32.1. The van der Waals surface area contributed by atoms with Crippen LogP contribution in [-0.4, -0.2) is 17.1 Å². The lowest BCUT2D eigenvalue weighted by molar-refractivity contribution is 0.410. The molecule has 20 heavy (non-hydrogen) atoms. The number of para-hydroxylation sites is 1. The molecule has 0 saturated heterocycles. The van der Waals surface area contributed by atoms with Crippen molar-refractivity contribution in [2.45, 2.75) is 6.42 Å². The molecular formula is C14H13N3OS2. The van der Waals surface area contributed by atoms with Gasteiger partial charge in [-0.15, -0.1) is 22.7 Å². The molecule has 3 rings (SSSR count). The average Bonchev–Trinajstić information content (AvgIpc) is 3.08. The van der Waals surface area contributed by atoms with Gasteiger partial charge in [0.15, 0.2) is 5.13 Å². The fraction of sp³-hybridized carbons (Fsp3) is 0.143. The van der Waals surface area contributed by atoms with E-state index in [0.717, 1.165) is 33.3 Å². The van der Waals surface area contributed by atoms with Crippen LogP contribution in [0.2, 0.25) is 0 Å². The number of aromatic nitrogens is 2. The highest BCUT2D eigenvalue weighted by Crippen LogP contribution is 2.30. The molecule has 0 amide bonds. The lowest BCUT2D eigenvalue weighted by atomic mass is 10.1. The Morgan fingerprint density at radius 2 is 2.15 bits per heavy atom. The number of anilines is 1. The van der Waals surface area contributed by atoms with Gasteiger partial charge in [-0.05, 0) is 6.07 Å². The lowest BCUT2D eigenvalue weighted by Crippen LogP contribution is -1.92. The third kappa shape index (κ3) is 2.66. The van der Waals surface area contributed by atoms with Crippen LogP contribution in [0.4, 0.5) is 5.13 Å². The summed E-state index contributed by atoms with van der Waals surface area (Å²) in [6, 6.07) is 7.99. The first-order chi connectivity index (χ1) is 9.76. The maximum Gasteiger partial charge on any atom is 0.180 e. The van der Waals surface area contributed by atoms with Crippen LogP contribution >= 0.6 is 22.7 Å². The SMILES string of the molecule is COc1ccccc1Cc1ncc(-c2csc(N)n2)s1. The minimum Gasteiger partial charge on any atom is -0.496 e. The Labute approximate surface area is 124 Å². The van der Waals surface area contributed by atoms with E-state index >= 15 is 0 Å². The van der Waals surface area contributed by atoms with Crippen LogP contribution in [0.5, 0.6) is 5.75 Å². The normalized spacial score (nSPS) is 10.7. The molecule has 2 N–H and O–H groups in total. The smallest absolute Gasteiger partial charge is 0.180 e. The minimum atomic E-state index is 0.583. The molecule has 6 heteroatoms. The molecule has 0 aliphatic carbocycles. The molecule has 0 radical (unpaired) electrons.